The summed E-state index contributed by atoms with van der Waals surface area (Å²) in [5, 5.41) is 12.2. The number of anilines is 3. The highest BCUT2D eigenvalue weighted by atomic mass is 79.9. The zero-order valence-corrected chi connectivity index (χ0v) is 11.7. The number of nitrogens with zero attached hydrogens (tertiary/aromatic N) is 2. The molecule has 0 aliphatic carbocycles. The number of halogens is 1. The molecule has 6 heteroatoms. The predicted octanol–water partition coefficient (Wildman–Crippen LogP) is 3.05. The zero-order valence-electron chi connectivity index (χ0n) is 10.1. The van der Waals surface area contributed by atoms with E-state index in [-0.39, 0.29) is 0 Å². The minimum atomic E-state index is 0.462. The summed E-state index contributed by atoms with van der Waals surface area (Å²) in [6.45, 7) is 0. The van der Waals surface area contributed by atoms with Crippen molar-refractivity contribution in [3.8, 4) is 11.8 Å². The van der Waals surface area contributed by atoms with Crippen molar-refractivity contribution in [2.24, 2.45) is 0 Å². The fraction of sp³-hybridized carbons (Fsp3) is 0.0769. The van der Waals surface area contributed by atoms with Crippen LogP contribution in [0.25, 0.3) is 0 Å². The standard InChI is InChI=1S/C13H11BrN4O/c1-19-11-4-2-3-8(6-15)12(11)18-13-10(16)5-9(14)7-17-13/h2-5,7H,16H2,1H3,(H,17,18). The van der Waals surface area contributed by atoms with E-state index in [1.165, 1.54) is 0 Å². The molecule has 0 radical (unpaired) electrons. The van der Waals surface area contributed by atoms with Gasteiger partial charge in [-0.3, -0.25) is 0 Å². The Balaban J connectivity index is 2.46. The summed E-state index contributed by atoms with van der Waals surface area (Å²) in [5.74, 6) is 1.03. The summed E-state index contributed by atoms with van der Waals surface area (Å²) in [4.78, 5) is 4.18. The summed E-state index contributed by atoms with van der Waals surface area (Å²) in [6, 6.07) is 9.04. The maximum absolute atomic E-state index is 9.13. The second-order valence-electron chi connectivity index (χ2n) is 3.71. The van der Waals surface area contributed by atoms with Gasteiger partial charge in [-0.25, -0.2) is 4.98 Å². The molecule has 3 N–H and O–H groups in total. The van der Waals surface area contributed by atoms with Crippen LogP contribution in [-0.4, -0.2) is 12.1 Å². The lowest BCUT2D eigenvalue weighted by Crippen LogP contribution is -2.02. The van der Waals surface area contributed by atoms with Crippen molar-refractivity contribution in [3.63, 3.8) is 0 Å². The third-order valence-corrected chi connectivity index (χ3v) is 2.93. The molecule has 2 rings (SSSR count). The number of nitrogens with one attached hydrogen (secondary N) is 1. The number of para-hydroxylation sites is 1. The zero-order chi connectivity index (χ0) is 13.8. The van der Waals surface area contributed by atoms with Gasteiger partial charge in [-0.15, -0.1) is 0 Å². The Labute approximate surface area is 119 Å². The fourth-order valence-electron chi connectivity index (χ4n) is 1.60. The lowest BCUT2D eigenvalue weighted by Gasteiger charge is -2.13. The lowest BCUT2D eigenvalue weighted by molar-refractivity contribution is 0.416. The Bertz CT molecular complexity index is 652. The van der Waals surface area contributed by atoms with Crippen LogP contribution < -0.4 is 15.8 Å². The van der Waals surface area contributed by atoms with Gasteiger partial charge in [0.15, 0.2) is 5.82 Å². The molecule has 0 saturated heterocycles. The number of ether oxygens (including phenoxy) is 1. The van der Waals surface area contributed by atoms with Gasteiger partial charge in [-0.2, -0.15) is 5.26 Å². The van der Waals surface area contributed by atoms with Crippen molar-refractivity contribution in [2.45, 2.75) is 0 Å². The van der Waals surface area contributed by atoms with Crippen LogP contribution in [0.1, 0.15) is 5.56 Å². The van der Waals surface area contributed by atoms with Gasteiger partial charge in [0.05, 0.1) is 18.4 Å². The van der Waals surface area contributed by atoms with E-state index in [1.54, 1.807) is 37.6 Å². The van der Waals surface area contributed by atoms with E-state index in [9.17, 15) is 0 Å². The summed E-state index contributed by atoms with van der Waals surface area (Å²) >= 11 is 3.29. The third-order valence-electron chi connectivity index (χ3n) is 2.49. The number of methoxy groups -OCH3 is 1. The number of aromatic nitrogens is 1. The lowest BCUT2D eigenvalue weighted by atomic mass is 10.1. The number of nitriles is 1. The second-order valence-corrected chi connectivity index (χ2v) is 4.63. The van der Waals surface area contributed by atoms with E-state index in [0.717, 1.165) is 4.47 Å². The maximum Gasteiger partial charge on any atom is 0.153 e. The Morgan fingerprint density at radius 1 is 1.47 bits per heavy atom. The number of hydrogen-bond donors (Lipinski definition) is 2. The topological polar surface area (TPSA) is 84.0 Å². The smallest absolute Gasteiger partial charge is 0.153 e. The van der Waals surface area contributed by atoms with Gasteiger partial charge in [-0.1, -0.05) is 6.07 Å². The van der Waals surface area contributed by atoms with Crippen LogP contribution in [0.15, 0.2) is 34.9 Å². The SMILES string of the molecule is COc1cccc(C#N)c1Nc1ncc(Br)cc1N. The summed E-state index contributed by atoms with van der Waals surface area (Å²) < 4.78 is 6.02. The molecule has 0 amide bonds. The van der Waals surface area contributed by atoms with Crippen molar-refractivity contribution in [3.05, 3.63) is 40.5 Å². The molecule has 0 aliphatic heterocycles. The Hall–Kier alpha value is -2.26. The molecule has 0 spiro atoms. The number of benzene rings is 1. The van der Waals surface area contributed by atoms with Crippen LogP contribution in [0, 0.1) is 11.3 Å². The quantitative estimate of drug-likeness (QED) is 0.908. The average molecular weight is 319 g/mol. The molecule has 1 aromatic heterocycles. The number of nitrogen functional groups attached to an aromatic ring is 1. The van der Waals surface area contributed by atoms with E-state index >= 15 is 0 Å². The minimum absolute atomic E-state index is 0.462. The van der Waals surface area contributed by atoms with Crippen molar-refractivity contribution in [1.82, 2.24) is 4.98 Å². The highest BCUT2D eigenvalue weighted by Gasteiger charge is 2.11. The van der Waals surface area contributed by atoms with Crippen molar-refractivity contribution < 1.29 is 4.74 Å². The number of rotatable bonds is 3. The van der Waals surface area contributed by atoms with Gasteiger partial charge in [0.25, 0.3) is 0 Å². The summed E-state index contributed by atoms with van der Waals surface area (Å²) in [5.41, 5.74) is 7.36. The molecule has 1 heterocycles. The van der Waals surface area contributed by atoms with Crippen LogP contribution in [0.5, 0.6) is 5.75 Å². The van der Waals surface area contributed by atoms with Crippen molar-refractivity contribution in [1.29, 1.82) is 5.26 Å². The van der Waals surface area contributed by atoms with Crippen molar-refractivity contribution >= 4 is 33.1 Å². The normalized spacial score (nSPS) is 9.74. The molecule has 0 unspecified atom stereocenters. The summed E-state index contributed by atoms with van der Waals surface area (Å²) in [7, 11) is 1.54. The first-order valence-corrected chi connectivity index (χ1v) is 6.20. The highest BCUT2D eigenvalue weighted by Crippen LogP contribution is 2.32. The molecule has 2 aromatic rings. The van der Waals surface area contributed by atoms with E-state index < -0.39 is 0 Å². The molecule has 0 atom stereocenters. The van der Waals surface area contributed by atoms with Crippen molar-refractivity contribution in [2.75, 3.05) is 18.2 Å². The first-order chi connectivity index (χ1) is 9.15. The van der Waals surface area contributed by atoms with E-state index in [0.29, 0.717) is 28.5 Å². The van der Waals surface area contributed by atoms with E-state index in [1.807, 2.05) is 0 Å². The van der Waals surface area contributed by atoms with E-state index in [4.69, 9.17) is 15.7 Å². The number of pyridine rings is 1. The molecule has 0 saturated carbocycles. The molecule has 0 bridgehead atoms. The monoisotopic (exact) mass is 318 g/mol. The highest BCUT2D eigenvalue weighted by molar-refractivity contribution is 9.10. The van der Waals surface area contributed by atoms with Gasteiger partial charge in [0.1, 0.15) is 17.5 Å². The molecular weight excluding hydrogens is 308 g/mol. The molecule has 0 fully saturated rings. The third kappa shape index (κ3) is 2.77. The van der Waals surface area contributed by atoms with Gasteiger partial charge >= 0.3 is 0 Å². The molecule has 5 nitrogen and oxygen atoms in total. The number of nitrogens with two attached hydrogens (primary N) is 1. The molecular formula is C13H11BrN4O. The second kappa shape index (κ2) is 5.59. The van der Waals surface area contributed by atoms with Gasteiger partial charge in [-0.05, 0) is 34.1 Å². The van der Waals surface area contributed by atoms with Crippen LogP contribution in [0.4, 0.5) is 17.2 Å². The molecule has 1 aromatic carbocycles. The predicted molar refractivity (Wildman–Crippen MR) is 77.3 cm³/mol. The first kappa shape index (κ1) is 13.2. The molecule has 0 aliphatic rings. The van der Waals surface area contributed by atoms with Crippen LogP contribution in [0.3, 0.4) is 0 Å². The average Bonchev–Trinajstić information content (AvgIpc) is 2.42. The summed E-state index contributed by atoms with van der Waals surface area (Å²) in [6.07, 6.45) is 1.63. The van der Waals surface area contributed by atoms with Gasteiger partial charge < -0.3 is 15.8 Å². The Morgan fingerprint density at radius 2 is 2.26 bits per heavy atom. The Morgan fingerprint density at radius 3 is 2.89 bits per heavy atom. The molecule has 96 valence electrons. The maximum atomic E-state index is 9.13. The molecule has 19 heavy (non-hydrogen) atoms. The van der Waals surface area contributed by atoms with E-state index in [2.05, 4.69) is 32.3 Å². The fourth-order valence-corrected chi connectivity index (χ4v) is 1.95. The largest absolute Gasteiger partial charge is 0.495 e. The van der Waals surface area contributed by atoms with Crippen LogP contribution in [-0.2, 0) is 0 Å². The minimum Gasteiger partial charge on any atom is -0.495 e. The van der Waals surface area contributed by atoms with Gasteiger partial charge in [0, 0.05) is 10.7 Å². The first-order valence-electron chi connectivity index (χ1n) is 5.41. The van der Waals surface area contributed by atoms with Gasteiger partial charge in [0.2, 0.25) is 0 Å². The van der Waals surface area contributed by atoms with Crippen LogP contribution in [0.2, 0.25) is 0 Å². The Kier molecular flexibility index (Phi) is 3.88. The number of hydrogen-bond acceptors (Lipinski definition) is 5. The van der Waals surface area contributed by atoms with Crippen LogP contribution >= 0.6 is 15.9 Å².